The highest BCUT2D eigenvalue weighted by Gasteiger charge is 2.08. The van der Waals surface area contributed by atoms with E-state index in [9.17, 15) is 9.18 Å². The Kier molecular flexibility index (Phi) is 5.39. The molecule has 3 nitrogen and oxygen atoms in total. The maximum atomic E-state index is 12.9. The molecule has 5 heteroatoms. The van der Waals surface area contributed by atoms with E-state index in [0.717, 1.165) is 11.6 Å². The Morgan fingerprint density at radius 3 is 2.73 bits per heavy atom. The van der Waals surface area contributed by atoms with Gasteiger partial charge < -0.3 is 10.1 Å². The molecule has 116 valence electrons. The number of hydrogen-bond acceptors (Lipinski definition) is 2. The lowest BCUT2D eigenvalue weighted by molar-refractivity contribution is -0.118. The summed E-state index contributed by atoms with van der Waals surface area (Å²) in [5, 5.41) is 2.73. The predicted octanol–water partition coefficient (Wildman–Crippen LogP) is 4.62. The number of rotatable bonds is 5. The van der Waals surface area contributed by atoms with Crippen molar-refractivity contribution in [1.82, 2.24) is 0 Å². The SMILES string of the molecule is CC(C)c1cccc(OCC(=O)Nc2ccc(F)cc2Cl)c1. The molecular weight excluding hydrogens is 305 g/mol. The van der Waals surface area contributed by atoms with Crippen molar-refractivity contribution < 1.29 is 13.9 Å². The highest BCUT2D eigenvalue weighted by molar-refractivity contribution is 6.33. The fourth-order valence-corrected chi connectivity index (χ4v) is 2.10. The highest BCUT2D eigenvalue weighted by Crippen LogP contribution is 2.23. The highest BCUT2D eigenvalue weighted by atomic mass is 35.5. The van der Waals surface area contributed by atoms with Gasteiger partial charge in [-0.25, -0.2) is 4.39 Å². The minimum absolute atomic E-state index is 0.144. The van der Waals surface area contributed by atoms with Crippen molar-refractivity contribution >= 4 is 23.2 Å². The van der Waals surface area contributed by atoms with Crippen LogP contribution in [0.15, 0.2) is 42.5 Å². The van der Waals surface area contributed by atoms with Gasteiger partial charge in [-0.1, -0.05) is 37.6 Å². The molecule has 2 aromatic carbocycles. The monoisotopic (exact) mass is 321 g/mol. The van der Waals surface area contributed by atoms with E-state index in [4.69, 9.17) is 16.3 Å². The predicted molar refractivity (Wildman–Crippen MR) is 86.1 cm³/mol. The molecule has 2 rings (SSSR count). The Bertz CT molecular complexity index is 673. The van der Waals surface area contributed by atoms with Crippen LogP contribution in [0.4, 0.5) is 10.1 Å². The van der Waals surface area contributed by atoms with Crippen molar-refractivity contribution in [2.75, 3.05) is 11.9 Å². The van der Waals surface area contributed by atoms with Crippen molar-refractivity contribution in [3.8, 4) is 5.75 Å². The molecule has 0 spiro atoms. The van der Waals surface area contributed by atoms with Gasteiger partial charge in [0.05, 0.1) is 10.7 Å². The number of carbonyl (C=O) groups excluding carboxylic acids is 1. The van der Waals surface area contributed by atoms with Crippen LogP contribution in [0.25, 0.3) is 0 Å². The molecule has 1 amide bonds. The Labute approximate surface area is 134 Å². The third-order valence-electron chi connectivity index (χ3n) is 3.10. The van der Waals surface area contributed by atoms with Gasteiger partial charge >= 0.3 is 0 Å². The molecule has 0 heterocycles. The lowest BCUT2D eigenvalue weighted by Crippen LogP contribution is -2.20. The summed E-state index contributed by atoms with van der Waals surface area (Å²) in [6.07, 6.45) is 0. The number of carbonyl (C=O) groups is 1. The molecule has 0 saturated carbocycles. The van der Waals surface area contributed by atoms with Gasteiger partial charge in [0.15, 0.2) is 6.61 Å². The molecule has 0 radical (unpaired) electrons. The average molecular weight is 322 g/mol. The van der Waals surface area contributed by atoms with Gasteiger partial charge in [-0.15, -0.1) is 0 Å². The van der Waals surface area contributed by atoms with Crippen LogP contribution in [0.2, 0.25) is 5.02 Å². The third kappa shape index (κ3) is 4.46. The summed E-state index contributed by atoms with van der Waals surface area (Å²) in [5.74, 6) is 0.204. The fourth-order valence-electron chi connectivity index (χ4n) is 1.89. The van der Waals surface area contributed by atoms with E-state index >= 15 is 0 Å². The Hall–Kier alpha value is -2.07. The van der Waals surface area contributed by atoms with Gasteiger partial charge in [-0.3, -0.25) is 4.79 Å². The van der Waals surface area contributed by atoms with Crippen LogP contribution >= 0.6 is 11.6 Å². The summed E-state index contributed by atoms with van der Waals surface area (Å²) < 4.78 is 18.4. The number of ether oxygens (including phenoxy) is 1. The molecule has 2 aromatic rings. The van der Waals surface area contributed by atoms with Crippen LogP contribution in [-0.4, -0.2) is 12.5 Å². The fraction of sp³-hybridized carbons (Fsp3) is 0.235. The van der Waals surface area contributed by atoms with Crippen molar-refractivity contribution in [2.24, 2.45) is 0 Å². The molecule has 0 fully saturated rings. The van der Waals surface area contributed by atoms with Gasteiger partial charge in [0.1, 0.15) is 11.6 Å². The normalized spacial score (nSPS) is 10.6. The molecule has 1 N–H and O–H groups in total. The van der Waals surface area contributed by atoms with Crippen LogP contribution in [-0.2, 0) is 4.79 Å². The second-order valence-corrected chi connectivity index (χ2v) is 5.60. The number of halogens is 2. The smallest absolute Gasteiger partial charge is 0.262 e. The van der Waals surface area contributed by atoms with Crippen molar-refractivity contribution in [3.05, 3.63) is 58.9 Å². The van der Waals surface area contributed by atoms with Crippen LogP contribution in [0.3, 0.4) is 0 Å². The van der Waals surface area contributed by atoms with Crippen LogP contribution in [0.5, 0.6) is 5.75 Å². The number of nitrogens with one attached hydrogen (secondary N) is 1. The van der Waals surface area contributed by atoms with Gasteiger partial charge in [-0.2, -0.15) is 0 Å². The Morgan fingerprint density at radius 1 is 1.27 bits per heavy atom. The van der Waals surface area contributed by atoms with E-state index in [-0.39, 0.29) is 17.5 Å². The molecule has 0 aliphatic carbocycles. The zero-order valence-electron chi connectivity index (χ0n) is 12.4. The first-order valence-electron chi connectivity index (χ1n) is 6.93. The molecule has 0 aromatic heterocycles. The largest absolute Gasteiger partial charge is 0.484 e. The maximum Gasteiger partial charge on any atom is 0.262 e. The second kappa shape index (κ2) is 7.27. The lowest BCUT2D eigenvalue weighted by atomic mass is 10.0. The maximum absolute atomic E-state index is 12.9. The van der Waals surface area contributed by atoms with Gasteiger partial charge in [0.2, 0.25) is 0 Å². The molecule has 0 atom stereocenters. The van der Waals surface area contributed by atoms with Gasteiger partial charge in [0.25, 0.3) is 5.91 Å². The van der Waals surface area contributed by atoms with E-state index in [1.165, 1.54) is 12.1 Å². The summed E-state index contributed by atoms with van der Waals surface area (Å²) >= 11 is 5.85. The molecule has 0 aliphatic rings. The minimum atomic E-state index is -0.454. The summed E-state index contributed by atoms with van der Waals surface area (Å²) in [5.41, 5.74) is 1.49. The van der Waals surface area contributed by atoms with Crippen LogP contribution in [0.1, 0.15) is 25.3 Å². The number of amides is 1. The van der Waals surface area contributed by atoms with E-state index in [1.807, 2.05) is 18.2 Å². The quantitative estimate of drug-likeness (QED) is 0.872. The molecule has 0 saturated heterocycles. The molecular formula is C17H17ClFNO2. The lowest BCUT2D eigenvalue weighted by Gasteiger charge is -2.11. The van der Waals surface area contributed by atoms with E-state index in [2.05, 4.69) is 19.2 Å². The first-order chi connectivity index (χ1) is 10.5. The molecule has 0 aliphatic heterocycles. The van der Waals surface area contributed by atoms with E-state index in [1.54, 1.807) is 6.07 Å². The minimum Gasteiger partial charge on any atom is -0.484 e. The molecule has 22 heavy (non-hydrogen) atoms. The summed E-state index contributed by atoms with van der Waals surface area (Å²) in [6, 6.07) is 11.4. The summed E-state index contributed by atoms with van der Waals surface area (Å²) in [6.45, 7) is 4.03. The second-order valence-electron chi connectivity index (χ2n) is 5.19. The Balaban J connectivity index is 1.94. The third-order valence-corrected chi connectivity index (χ3v) is 3.41. The van der Waals surface area contributed by atoms with Crippen molar-refractivity contribution in [2.45, 2.75) is 19.8 Å². The van der Waals surface area contributed by atoms with Crippen molar-refractivity contribution in [3.63, 3.8) is 0 Å². The zero-order chi connectivity index (χ0) is 16.1. The number of hydrogen-bond donors (Lipinski definition) is 1. The van der Waals surface area contributed by atoms with E-state index in [0.29, 0.717) is 17.4 Å². The van der Waals surface area contributed by atoms with Crippen LogP contribution < -0.4 is 10.1 Å². The average Bonchev–Trinajstić information content (AvgIpc) is 2.48. The first kappa shape index (κ1) is 16.3. The van der Waals surface area contributed by atoms with Gasteiger partial charge in [-0.05, 0) is 41.8 Å². The first-order valence-corrected chi connectivity index (χ1v) is 7.31. The van der Waals surface area contributed by atoms with Crippen molar-refractivity contribution in [1.29, 1.82) is 0 Å². The topological polar surface area (TPSA) is 38.3 Å². The van der Waals surface area contributed by atoms with E-state index < -0.39 is 5.82 Å². The summed E-state index contributed by atoms with van der Waals surface area (Å²) in [7, 11) is 0. The number of benzene rings is 2. The summed E-state index contributed by atoms with van der Waals surface area (Å²) in [4.78, 5) is 11.9. The standard InChI is InChI=1S/C17H17ClFNO2/c1-11(2)12-4-3-5-14(8-12)22-10-17(21)20-16-7-6-13(19)9-15(16)18/h3-9,11H,10H2,1-2H3,(H,20,21). The zero-order valence-corrected chi connectivity index (χ0v) is 13.2. The molecule has 0 unspecified atom stereocenters. The Morgan fingerprint density at radius 2 is 2.05 bits per heavy atom. The molecule has 0 bridgehead atoms. The number of anilines is 1. The van der Waals surface area contributed by atoms with Gasteiger partial charge in [0, 0.05) is 0 Å². The van der Waals surface area contributed by atoms with Crippen LogP contribution in [0, 0.1) is 5.82 Å².